The molecule has 0 aliphatic heterocycles. The zero-order chi connectivity index (χ0) is 10.1. The van der Waals surface area contributed by atoms with Crippen LogP contribution in [0, 0.1) is 2.88 Å². The highest BCUT2D eigenvalue weighted by molar-refractivity contribution is 14.1. The number of thiophene rings is 1. The van der Waals surface area contributed by atoms with Crippen molar-refractivity contribution in [2.75, 3.05) is 6.26 Å². The van der Waals surface area contributed by atoms with Crippen LogP contribution in [-0.4, -0.2) is 6.26 Å². The smallest absolute Gasteiger partial charge is 0.0666 e. The molecule has 0 aliphatic carbocycles. The first kappa shape index (κ1) is 11.0. The summed E-state index contributed by atoms with van der Waals surface area (Å²) in [5.41, 5.74) is 1.24. The van der Waals surface area contributed by atoms with Gasteiger partial charge in [-0.1, -0.05) is 0 Å². The summed E-state index contributed by atoms with van der Waals surface area (Å²) in [6.07, 6.45) is 2.09. The quantitative estimate of drug-likeness (QED) is 0.417. The molecule has 0 radical (unpaired) electrons. The van der Waals surface area contributed by atoms with Crippen molar-refractivity contribution < 1.29 is 0 Å². The van der Waals surface area contributed by atoms with E-state index < -0.39 is 0 Å². The molecule has 0 amide bonds. The molecule has 1 aromatic carbocycles. The Labute approximate surface area is 110 Å². The van der Waals surface area contributed by atoms with Gasteiger partial charge in [0.1, 0.15) is 0 Å². The second-order valence-corrected chi connectivity index (χ2v) is 7.01. The van der Waals surface area contributed by atoms with Gasteiger partial charge in [-0.25, -0.2) is 0 Å². The Morgan fingerprint density at radius 3 is 2.86 bits per heavy atom. The maximum absolute atomic E-state index is 5.94. The van der Waals surface area contributed by atoms with E-state index in [0.29, 0.717) is 5.88 Å². The van der Waals surface area contributed by atoms with Gasteiger partial charge in [0.25, 0.3) is 0 Å². The van der Waals surface area contributed by atoms with Crippen LogP contribution in [0.25, 0.3) is 10.1 Å². The van der Waals surface area contributed by atoms with Gasteiger partial charge in [-0.15, -0.1) is 34.7 Å². The monoisotopic (exact) mass is 354 g/mol. The van der Waals surface area contributed by atoms with Crippen molar-refractivity contribution in [1.29, 1.82) is 0 Å². The number of thioether (sulfide) groups is 1. The summed E-state index contributed by atoms with van der Waals surface area (Å²) in [7, 11) is 0. The molecule has 1 aromatic heterocycles. The SMILES string of the molecule is CSc1cc(CCl)c2cc(I)sc2c1. The molecule has 0 atom stereocenters. The van der Waals surface area contributed by atoms with E-state index in [1.54, 1.807) is 11.8 Å². The molecule has 2 rings (SSSR count). The third-order valence-electron chi connectivity index (χ3n) is 2.05. The van der Waals surface area contributed by atoms with E-state index in [9.17, 15) is 0 Å². The maximum atomic E-state index is 5.94. The Bertz CT molecular complexity index is 464. The summed E-state index contributed by atoms with van der Waals surface area (Å²) in [4.78, 5) is 1.30. The molecule has 0 fully saturated rings. The van der Waals surface area contributed by atoms with Crippen molar-refractivity contribution >= 4 is 67.4 Å². The fourth-order valence-electron chi connectivity index (χ4n) is 1.38. The van der Waals surface area contributed by atoms with Gasteiger partial charge in [0.2, 0.25) is 0 Å². The third kappa shape index (κ3) is 2.05. The number of halogens is 2. The van der Waals surface area contributed by atoms with Gasteiger partial charge in [0.15, 0.2) is 0 Å². The Balaban J connectivity index is 2.72. The van der Waals surface area contributed by atoms with Crippen LogP contribution in [-0.2, 0) is 5.88 Å². The van der Waals surface area contributed by atoms with Crippen molar-refractivity contribution in [3.8, 4) is 0 Å². The molecule has 0 saturated carbocycles. The van der Waals surface area contributed by atoms with Gasteiger partial charge in [0.05, 0.1) is 2.88 Å². The highest BCUT2D eigenvalue weighted by Gasteiger charge is 2.06. The number of fused-ring (bicyclic) bond motifs is 1. The topological polar surface area (TPSA) is 0 Å². The molecule has 0 N–H and O–H groups in total. The molecule has 4 heteroatoms. The minimum Gasteiger partial charge on any atom is -0.130 e. The molecular formula is C10H8ClIS2. The van der Waals surface area contributed by atoms with Crippen molar-refractivity contribution in [2.45, 2.75) is 10.8 Å². The van der Waals surface area contributed by atoms with Crippen LogP contribution in [0.4, 0.5) is 0 Å². The minimum absolute atomic E-state index is 0.595. The van der Waals surface area contributed by atoms with E-state index in [-0.39, 0.29) is 0 Å². The lowest BCUT2D eigenvalue weighted by Gasteiger charge is -2.01. The maximum Gasteiger partial charge on any atom is 0.0666 e. The van der Waals surface area contributed by atoms with Gasteiger partial charge in [-0.2, -0.15) is 0 Å². The summed E-state index contributed by atoms with van der Waals surface area (Å²) >= 11 is 11.9. The molecule has 0 saturated heterocycles. The second-order valence-electron chi connectivity index (χ2n) is 2.88. The van der Waals surface area contributed by atoms with Crippen LogP contribution in [0.2, 0.25) is 0 Å². The molecular weight excluding hydrogens is 347 g/mol. The molecule has 1 heterocycles. The van der Waals surface area contributed by atoms with Gasteiger partial charge in [0, 0.05) is 15.5 Å². The first-order valence-corrected chi connectivity index (χ1v) is 7.72. The van der Waals surface area contributed by atoms with Crippen LogP contribution in [0.5, 0.6) is 0 Å². The average molecular weight is 355 g/mol. The Hall–Kier alpha value is 0.550. The molecule has 2 aromatic rings. The highest BCUT2D eigenvalue weighted by Crippen LogP contribution is 2.33. The Morgan fingerprint density at radius 2 is 2.21 bits per heavy atom. The Morgan fingerprint density at radius 1 is 1.43 bits per heavy atom. The van der Waals surface area contributed by atoms with E-state index in [2.05, 4.69) is 47.0 Å². The van der Waals surface area contributed by atoms with Crippen LogP contribution in [0.1, 0.15) is 5.56 Å². The van der Waals surface area contributed by atoms with Gasteiger partial charge in [-0.05, 0) is 58.0 Å². The summed E-state index contributed by atoms with van der Waals surface area (Å²) in [5.74, 6) is 0.595. The lowest BCUT2D eigenvalue weighted by atomic mass is 10.1. The van der Waals surface area contributed by atoms with Crippen molar-refractivity contribution in [3.05, 3.63) is 26.6 Å². The van der Waals surface area contributed by atoms with Crippen molar-refractivity contribution in [3.63, 3.8) is 0 Å². The summed E-state index contributed by atoms with van der Waals surface area (Å²) in [6, 6.07) is 6.63. The van der Waals surface area contributed by atoms with Crippen LogP contribution in [0.15, 0.2) is 23.1 Å². The number of hydrogen-bond donors (Lipinski definition) is 0. The van der Waals surface area contributed by atoms with E-state index in [1.807, 2.05) is 11.3 Å². The van der Waals surface area contributed by atoms with Gasteiger partial charge in [-0.3, -0.25) is 0 Å². The molecule has 0 bridgehead atoms. The standard InChI is InChI=1S/C10H8ClIS2/c1-13-7-2-6(5-11)8-4-10(12)14-9(8)3-7/h2-4H,5H2,1H3. The number of benzene rings is 1. The first-order valence-electron chi connectivity index (χ1n) is 4.06. The predicted octanol–water partition coefficient (Wildman–Crippen LogP) is 4.97. The summed E-state index contributed by atoms with van der Waals surface area (Å²) < 4.78 is 2.67. The van der Waals surface area contributed by atoms with Gasteiger partial charge >= 0.3 is 0 Å². The lowest BCUT2D eigenvalue weighted by Crippen LogP contribution is -1.80. The summed E-state index contributed by atoms with van der Waals surface area (Å²) in [5, 5.41) is 1.31. The zero-order valence-electron chi connectivity index (χ0n) is 7.51. The molecule has 0 spiro atoms. The normalized spacial score (nSPS) is 11.1. The fourth-order valence-corrected chi connectivity index (χ4v) is 4.07. The van der Waals surface area contributed by atoms with Crippen LogP contribution >= 0.6 is 57.3 Å². The number of rotatable bonds is 2. The average Bonchev–Trinajstić information content (AvgIpc) is 2.56. The van der Waals surface area contributed by atoms with Crippen LogP contribution in [0.3, 0.4) is 0 Å². The van der Waals surface area contributed by atoms with Crippen LogP contribution < -0.4 is 0 Å². The first-order chi connectivity index (χ1) is 6.74. The molecule has 14 heavy (non-hydrogen) atoms. The van der Waals surface area contributed by atoms with Crippen molar-refractivity contribution in [2.24, 2.45) is 0 Å². The van der Waals surface area contributed by atoms with E-state index in [1.165, 1.54) is 23.4 Å². The van der Waals surface area contributed by atoms with Crippen molar-refractivity contribution in [1.82, 2.24) is 0 Å². The molecule has 0 aliphatic rings. The summed E-state index contributed by atoms with van der Waals surface area (Å²) in [6.45, 7) is 0. The fraction of sp³-hybridized carbons (Fsp3) is 0.200. The van der Waals surface area contributed by atoms with E-state index in [0.717, 1.165) is 0 Å². The number of alkyl halides is 1. The zero-order valence-corrected chi connectivity index (χ0v) is 12.1. The van der Waals surface area contributed by atoms with Gasteiger partial charge < -0.3 is 0 Å². The highest BCUT2D eigenvalue weighted by atomic mass is 127. The predicted molar refractivity (Wildman–Crippen MR) is 75.9 cm³/mol. The lowest BCUT2D eigenvalue weighted by molar-refractivity contribution is 1.38. The molecule has 74 valence electrons. The van der Waals surface area contributed by atoms with E-state index in [4.69, 9.17) is 11.6 Å². The number of hydrogen-bond acceptors (Lipinski definition) is 2. The Kier molecular flexibility index (Phi) is 3.63. The largest absolute Gasteiger partial charge is 0.130 e. The minimum atomic E-state index is 0.595. The second kappa shape index (κ2) is 4.60. The third-order valence-corrected chi connectivity index (χ3v) is 4.88. The van der Waals surface area contributed by atoms with E-state index >= 15 is 0 Å². The molecule has 0 unspecified atom stereocenters. The molecule has 0 nitrogen and oxygen atoms in total.